The Morgan fingerprint density at radius 3 is 1.27 bits per heavy atom. The number of nitrogens with zero attached hydrogens (tertiary/aromatic N) is 9. The van der Waals surface area contributed by atoms with Crippen molar-refractivity contribution in [3.63, 3.8) is 0 Å². The molecule has 38 heteroatoms. The van der Waals surface area contributed by atoms with Crippen LogP contribution in [0.1, 0.15) is 38.5 Å². The molecule has 0 bridgehead atoms. The highest BCUT2D eigenvalue weighted by molar-refractivity contribution is 6.42. The molecule has 6 aliphatic rings. The average Bonchev–Trinajstić information content (AvgIpc) is 0.862. The zero-order chi connectivity index (χ0) is 82.4. The fourth-order valence-corrected chi connectivity index (χ4v) is 16.5. The molecular formula is C80H84Cl6N18O14. The van der Waals surface area contributed by atoms with Gasteiger partial charge in [0.05, 0.1) is 188 Å². The van der Waals surface area contributed by atoms with Crippen molar-refractivity contribution in [2.45, 2.75) is 99.2 Å². The number of nitrogens with one attached hydrogen (secondary N) is 9. The molecular weight excluding hydrogens is 1650 g/mol. The molecule has 3 aromatic carbocycles. The number of amides is 3. The quantitative estimate of drug-likeness (QED) is 0.0169. The number of fused-ring (bicyclic) bond motifs is 3. The van der Waals surface area contributed by atoms with Gasteiger partial charge in [0.1, 0.15) is 70.4 Å². The molecule has 9 aromatic rings. The third kappa shape index (κ3) is 18.5. The van der Waals surface area contributed by atoms with Gasteiger partial charge in [-0.25, -0.2) is 44.9 Å². The van der Waals surface area contributed by atoms with E-state index in [0.29, 0.717) is 154 Å². The summed E-state index contributed by atoms with van der Waals surface area (Å²) in [6.07, 6.45) is 11.7. The molecule has 620 valence electrons. The number of carbonyl (C=O) groups excluding carboxylic acids is 3. The monoisotopic (exact) mass is 1730 g/mol. The molecule has 11 heterocycles. The van der Waals surface area contributed by atoms with E-state index in [1.54, 1.807) is 48.9 Å². The number of ether oxygens (including phenoxy) is 11. The fraction of sp³-hybridized carbons (Fsp3) is 0.400. The number of aromatic nitrogens is 9. The molecule has 0 radical (unpaired) electrons. The molecule has 5 aliphatic heterocycles. The van der Waals surface area contributed by atoms with Crippen molar-refractivity contribution in [2.24, 2.45) is 5.92 Å². The lowest BCUT2D eigenvalue weighted by Gasteiger charge is -2.21. The van der Waals surface area contributed by atoms with Crippen LogP contribution >= 0.6 is 69.6 Å². The van der Waals surface area contributed by atoms with E-state index in [0.717, 1.165) is 12.8 Å². The van der Waals surface area contributed by atoms with Gasteiger partial charge in [-0.1, -0.05) is 89.3 Å². The third-order valence-corrected chi connectivity index (χ3v) is 23.2. The Morgan fingerprint density at radius 1 is 0.432 bits per heavy atom. The van der Waals surface area contributed by atoms with Gasteiger partial charge >= 0.3 is 0 Å². The molecule has 9 N–H and O–H groups in total. The number of anilines is 6. The SMILES string of the molecule is C=CC(=O)N[C@H]1COC[C@H]1Nc1cc2c(NCC3CC3)nc(-c3c(Cl)c(OC)cc(OCC4CC[C@@H](CNc5nc(-c6c(Cl)c(OC)cc(OCC7CC[C@H](CNc8nc(-c9c(Cl)c(OC)cc(OC)c9Cl)cc9cnc(N[C@@H]%10COC[C@@H]%10NC(=O)C=C)nc89)O7)c6Cl)cc6cnc(N[C@@H]7COC[C@@H]7NC(=O)C=C)nc56)O4)c3Cl)nc2cn1. The van der Waals surface area contributed by atoms with Crippen LogP contribution in [0.4, 0.5) is 35.2 Å². The number of pyridine rings is 3. The lowest BCUT2D eigenvalue weighted by molar-refractivity contribution is -0.118. The van der Waals surface area contributed by atoms with Crippen LogP contribution in [0, 0.1) is 5.92 Å². The van der Waals surface area contributed by atoms with Crippen LogP contribution in [0.3, 0.4) is 0 Å². The van der Waals surface area contributed by atoms with Crippen molar-refractivity contribution < 1.29 is 66.5 Å². The van der Waals surface area contributed by atoms with Gasteiger partial charge in [0.15, 0.2) is 17.5 Å². The van der Waals surface area contributed by atoms with Gasteiger partial charge in [-0.15, -0.1) is 0 Å². The van der Waals surface area contributed by atoms with Crippen molar-refractivity contribution in [3.8, 4) is 68.4 Å². The number of methoxy groups -OCH3 is 4. The number of halogens is 6. The largest absolute Gasteiger partial charge is 0.495 e. The van der Waals surface area contributed by atoms with Crippen molar-refractivity contribution in [1.82, 2.24) is 60.8 Å². The van der Waals surface area contributed by atoms with E-state index >= 15 is 0 Å². The maximum absolute atomic E-state index is 12.5. The zero-order valence-corrected chi connectivity index (χ0v) is 69.0. The van der Waals surface area contributed by atoms with Gasteiger partial charge in [-0.3, -0.25) is 14.4 Å². The van der Waals surface area contributed by atoms with E-state index < -0.39 is 18.2 Å². The minimum atomic E-state index is -0.405. The molecule has 32 nitrogen and oxygen atoms in total. The van der Waals surface area contributed by atoms with Gasteiger partial charge < -0.3 is 100.0 Å². The van der Waals surface area contributed by atoms with Crippen molar-refractivity contribution in [2.75, 3.05) is 133 Å². The van der Waals surface area contributed by atoms with Gasteiger partial charge in [-0.05, 0) is 80.9 Å². The number of benzene rings is 3. The highest BCUT2D eigenvalue weighted by Crippen LogP contribution is 2.50. The van der Waals surface area contributed by atoms with Gasteiger partial charge in [-0.2, -0.15) is 0 Å². The number of hydrogen-bond acceptors (Lipinski definition) is 29. The summed E-state index contributed by atoms with van der Waals surface area (Å²) < 4.78 is 66.6. The van der Waals surface area contributed by atoms with Crippen molar-refractivity contribution in [3.05, 3.63) is 123 Å². The molecule has 3 amide bonds. The Bertz CT molecular complexity index is 5330. The Kier molecular flexibility index (Phi) is 26.0. The second-order valence-corrected chi connectivity index (χ2v) is 31.1. The molecule has 2 unspecified atom stereocenters. The summed E-state index contributed by atoms with van der Waals surface area (Å²) in [5.41, 5.74) is 3.06. The normalized spacial score (nSPS) is 21.4. The third-order valence-electron chi connectivity index (χ3n) is 21.0. The topological polar surface area (TPSA) is 377 Å². The first-order valence-corrected chi connectivity index (χ1v) is 40.4. The highest BCUT2D eigenvalue weighted by Gasteiger charge is 2.37. The standard InChI is InChI=1S/C80H84Cl6N18O14/c1-8-61(105)94-49-32-112-31-48(49)93-60-19-44-47(28-87-60)99-76(104-75(44)88-23-37-11-12-37)66-70(84)57(111-7)22-59(72(66)86)116-30-43-16-14-41(118-43)27-90-78-74-39(25-92-80(103-74)101-53-36-114-34-51(53)96-63(107)10-3)18-46(98-78)65-69(83)56(110-6)21-58(71(65)85)115-29-42-15-13-40(117-42)26-89-77-73-38(17-45(97-77)64-67(81)54(108-4)20-55(109-5)68(64)82)24-91-79(102-73)100-52-35-113-33-50(52)95-62(106)9-2/h8-10,17-22,24-25,28,37,40-43,48-53H,1-3,11-16,23,26-27,29-36H2,4-7H3,(H,87,93)(H,89,97)(H,90,98)(H,94,105)(H,95,106)(H,96,107)(H,88,99,104)(H,91,100,102)(H,92,101,103)/t40-,41+,42?,43?,48-,49+,50+,51+,52-,53-/m1/s1. The minimum Gasteiger partial charge on any atom is -0.495 e. The molecule has 1 saturated carbocycles. The summed E-state index contributed by atoms with van der Waals surface area (Å²) >= 11 is 43.1. The second kappa shape index (κ2) is 37.0. The Labute approximate surface area is 707 Å². The fourth-order valence-electron chi connectivity index (χ4n) is 14.5. The molecule has 1 aliphatic carbocycles. The Hall–Kier alpha value is -10.1. The van der Waals surface area contributed by atoms with Gasteiger partial charge in [0.25, 0.3) is 0 Å². The summed E-state index contributed by atoms with van der Waals surface area (Å²) in [7, 11) is 5.96. The molecule has 15 rings (SSSR count). The second-order valence-electron chi connectivity index (χ2n) is 28.8. The minimum absolute atomic E-state index is 0.0761. The predicted molar refractivity (Wildman–Crippen MR) is 451 cm³/mol. The van der Waals surface area contributed by atoms with Crippen molar-refractivity contribution >= 4 is 155 Å². The van der Waals surface area contributed by atoms with E-state index in [1.807, 2.05) is 6.07 Å². The lowest BCUT2D eigenvalue weighted by Crippen LogP contribution is -2.45. The molecule has 6 aromatic heterocycles. The van der Waals surface area contributed by atoms with Gasteiger partial charge in [0, 0.05) is 77.5 Å². The highest BCUT2D eigenvalue weighted by atomic mass is 35.5. The van der Waals surface area contributed by atoms with Crippen molar-refractivity contribution in [1.29, 1.82) is 0 Å². The van der Waals surface area contributed by atoms with E-state index in [1.165, 1.54) is 46.7 Å². The van der Waals surface area contributed by atoms with Crippen LogP contribution < -0.4 is 76.3 Å². The molecule has 10 atom stereocenters. The lowest BCUT2D eigenvalue weighted by atomic mass is 10.1. The van der Waals surface area contributed by atoms with E-state index in [-0.39, 0.29) is 177 Å². The number of carbonyl (C=O) groups is 3. The first-order valence-electron chi connectivity index (χ1n) is 38.1. The van der Waals surface area contributed by atoms with Crippen LogP contribution in [0.25, 0.3) is 66.6 Å². The summed E-state index contributed by atoms with van der Waals surface area (Å²) in [5, 5.41) is 32.3. The summed E-state index contributed by atoms with van der Waals surface area (Å²) in [4.78, 5) is 81.3. The van der Waals surface area contributed by atoms with Crippen LogP contribution in [0.2, 0.25) is 30.1 Å². The average molecular weight is 1730 g/mol. The van der Waals surface area contributed by atoms with E-state index in [4.69, 9.17) is 162 Å². The number of hydrogen-bond donors (Lipinski definition) is 9. The molecule has 5 saturated heterocycles. The first-order chi connectivity index (χ1) is 57.3. The smallest absolute Gasteiger partial charge is 0.243 e. The first kappa shape index (κ1) is 83.0. The Morgan fingerprint density at radius 2 is 0.831 bits per heavy atom. The zero-order valence-electron chi connectivity index (χ0n) is 64.4. The van der Waals surface area contributed by atoms with E-state index in [9.17, 15) is 14.4 Å². The maximum atomic E-state index is 12.5. The predicted octanol–water partition coefficient (Wildman–Crippen LogP) is 12.0. The van der Waals surface area contributed by atoms with Crippen LogP contribution in [0.15, 0.2) is 93.0 Å². The maximum Gasteiger partial charge on any atom is 0.243 e. The van der Waals surface area contributed by atoms with Gasteiger partial charge in [0.2, 0.25) is 29.6 Å². The van der Waals surface area contributed by atoms with Crippen LogP contribution in [-0.2, 0) is 38.1 Å². The van der Waals surface area contributed by atoms with E-state index in [2.05, 4.69) is 72.6 Å². The molecule has 0 spiro atoms. The van der Waals surface area contributed by atoms with Crippen LogP contribution in [-0.4, -0.2) is 224 Å². The molecule has 6 fully saturated rings. The molecule has 118 heavy (non-hydrogen) atoms. The number of rotatable bonds is 34. The summed E-state index contributed by atoms with van der Waals surface area (Å²) in [6.45, 7) is 13.9. The summed E-state index contributed by atoms with van der Waals surface area (Å²) in [5.74, 6) is 3.69. The Balaban J connectivity index is 0.652. The van der Waals surface area contributed by atoms with Crippen LogP contribution in [0.5, 0.6) is 34.5 Å². The summed E-state index contributed by atoms with van der Waals surface area (Å²) in [6, 6.07) is 8.15.